The lowest BCUT2D eigenvalue weighted by atomic mass is 9.92. The predicted molar refractivity (Wildman–Crippen MR) is 138 cm³/mol. The molecule has 2 aromatic rings. The van der Waals surface area contributed by atoms with Gasteiger partial charge in [-0.15, -0.1) is 0 Å². The molecular formula is C25H35FN6S. The molecule has 0 saturated carbocycles. The van der Waals surface area contributed by atoms with Gasteiger partial charge in [-0.2, -0.15) is 9.97 Å². The van der Waals surface area contributed by atoms with Gasteiger partial charge in [-0.1, -0.05) is 26.0 Å². The van der Waals surface area contributed by atoms with Crippen LogP contribution < -0.4 is 20.4 Å². The number of aromatic nitrogens is 2. The molecule has 1 aromatic heterocycles. The van der Waals surface area contributed by atoms with Gasteiger partial charge in [0.05, 0.1) is 0 Å². The topological polar surface area (TPSA) is 56.3 Å². The largest absolute Gasteiger partial charge is 0.362 e. The first kappa shape index (κ1) is 23.7. The summed E-state index contributed by atoms with van der Waals surface area (Å²) in [5.74, 6) is 3.61. The van der Waals surface area contributed by atoms with E-state index in [0.29, 0.717) is 22.9 Å². The molecule has 0 bridgehead atoms. The fraction of sp³-hybridized carbons (Fsp3) is 0.560. The number of hydrogen-bond acceptors (Lipinski definition) is 5. The monoisotopic (exact) mass is 470 g/mol. The standard InChI is InChI=1S/C25H35FN6S/c1-18-14-19(2)17-32(16-18)23-15-22(31-12-3-4-13-31)28-24(29-23)30-25(33)27-11-5-6-20-7-9-21(26)10-8-20/h7-10,15,18-19H,3-6,11-14,16-17H2,1-2H3,(H2,27,28,29,30,33). The summed E-state index contributed by atoms with van der Waals surface area (Å²) in [5, 5.41) is 6.99. The first-order valence-corrected chi connectivity index (χ1v) is 12.6. The summed E-state index contributed by atoms with van der Waals surface area (Å²) >= 11 is 5.52. The number of nitrogens with one attached hydrogen (secondary N) is 2. The molecule has 0 amide bonds. The molecule has 6 nitrogen and oxygen atoms in total. The number of anilines is 3. The third-order valence-corrected chi connectivity index (χ3v) is 6.63. The highest BCUT2D eigenvalue weighted by atomic mass is 32.1. The average molecular weight is 471 g/mol. The van der Waals surface area contributed by atoms with E-state index in [-0.39, 0.29) is 5.82 Å². The number of nitrogens with zero attached hydrogens (tertiary/aromatic N) is 4. The molecule has 8 heteroatoms. The number of halogens is 1. The third kappa shape index (κ3) is 6.76. The van der Waals surface area contributed by atoms with Gasteiger partial charge >= 0.3 is 0 Å². The Morgan fingerprint density at radius 1 is 1.03 bits per heavy atom. The fourth-order valence-electron chi connectivity index (χ4n) is 4.89. The Hall–Kier alpha value is -2.48. The average Bonchev–Trinajstić information content (AvgIpc) is 3.32. The lowest BCUT2D eigenvalue weighted by Gasteiger charge is -2.36. The van der Waals surface area contributed by atoms with Crippen LogP contribution in [0.1, 0.15) is 45.1 Å². The van der Waals surface area contributed by atoms with E-state index in [1.165, 1.54) is 31.4 Å². The van der Waals surface area contributed by atoms with Crippen LogP contribution in [0.4, 0.5) is 22.0 Å². The van der Waals surface area contributed by atoms with Crippen LogP contribution in [0.15, 0.2) is 30.3 Å². The Morgan fingerprint density at radius 2 is 1.67 bits per heavy atom. The van der Waals surface area contributed by atoms with Crippen molar-refractivity contribution in [2.75, 3.05) is 47.8 Å². The molecule has 2 N–H and O–H groups in total. The Kier molecular flexibility index (Phi) is 7.96. The number of piperidine rings is 1. The fourth-order valence-corrected chi connectivity index (χ4v) is 5.08. The first-order valence-electron chi connectivity index (χ1n) is 12.1. The Bertz CT molecular complexity index is 921. The van der Waals surface area contributed by atoms with Gasteiger partial charge in [-0.25, -0.2) is 4.39 Å². The SMILES string of the molecule is CC1CC(C)CN(c2cc(N3CCCC3)nc(NC(=S)NCCCc3ccc(F)cc3)n2)C1. The van der Waals surface area contributed by atoms with Gasteiger partial charge in [0, 0.05) is 38.8 Å². The Morgan fingerprint density at radius 3 is 2.33 bits per heavy atom. The van der Waals surface area contributed by atoms with Crippen molar-refractivity contribution in [2.45, 2.75) is 46.0 Å². The van der Waals surface area contributed by atoms with Crippen LogP contribution in [0.5, 0.6) is 0 Å². The van der Waals surface area contributed by atoms with Gasteiger partial charge in [0.25, 0.3) is 0 Å². The molecule has 178 valence electrons. The molecule has 2 aliphatic rings. The van der Waals surface area contributed by atoms with E-state index in [2.05, 4.69) is 40.3 Å². The summed E-state index contributed by atoms with van der Waals surface area (Å²) in [5.41, 5.74) is 1.12. The molecule has 2 saturated heterocycles. The second kappa shape index (κ2) is 11.1. The third-order valence-electron chi connectivity index (χ3n) is 6.39. The van der Waals surface area contributed by atoms with Gasteiger partial charge in [0.2, 0.25) is 5.95 Å². The number of aryl methyl sites for hydroxylation is 1. The van der Waals surface area contributed by atoms with Crippen molar-refractivity contribution in [2.24, 2.45) is 11.8 Å². The van der Waals surface area contributed by atoms with E-state index in [1.807, 2.05) is 12.1 Å². The maximum atomic E-state index is 13.0. The smallest absolute Gasteiger partial charge is 0.232 e. The number of hydrogen-bond donors (Lipinski definition) is 2. The van der Waals surface area contributed by atoms with Crippen molar-refractivity contribution in [1.29, 1.82) is 0 Å². The zero-order valence-electron chi connectivity index (χ0n) is 19.7. The van der Waals surface area contributed by atoms with Gasteiger partial charge in [0.15, 0.2) is 5.11 Å². The second-order valence-corrected chi connectivity index (χ2v) is 9.97. The van der Waals surface area contributed by atoms with Gasteiger partial charge in [0.1, 0.15) is 17.5 Å². The molecule has 33 heavy (non-hydrogen) atoms. The van der Waals surface area contributed by atoms with Crippen LogP contribution in [-0.2, 0) is 6.42 Å². The van der Waals surface area contributed by atoms with Crippen LogP contribution >= 0.6 is 12.2 Å². The normalized spacial score (nSPS) is 20.7. The maximum absolute atomic E-state index is 13.0. The van der Waals surface area contributed by atoms with Crippen LogP contribution in [0.25, 0.3) is 0 Å². The highest BCUT2D eigenvalue weighted by molar-refractivity contribution is 7.80. The summed E-state index contributed by atoms with van der Waals surface area (Å²) in [6, 6.07) is 8.80. The van der Waals surface area contributed by atoms with Crippen LogP contribution in [0.2, 0.25) is 0 Å². The van der Waals surface area contributed by atoms with E-state index in [1.54, 1.807) is 0 Å². The van der Waals surface area contributed by atoms with Crippen molar-refractivity contribution >= 4 is 34.9 Å². The van der Waals surface area contributed by atoms with Crippen molar-refractivity contribution in [3.8, 4) is 0 Å². The molecular weight excluding hydrogens is 435 g/mol. The molecule has 4 rings (SSSR count). The van der Waals surface area contributed by atoms with Gasteiger partial charge < -0.3 is 20.4 Å². The summed E-state index contributed by atoms with van der Waals surface area (Å²) < 4.78 is 13.0. The summed E-state index contributed by atoms with van der Waals surface area (Å²) in [7, 11) is 0. The van der Waals surface area contributed by atoms with E-state index >= 15 is 0 Å². The van der Waals surface area contributed by atoms with E-state index in [4.69, 9.17) is 22.2 Å². The van der Waals surface area contributed by atoms with Crippen molar-refractivity contribution in [1.82, 2.24) is 15.3 Å². The second-order valence-electron chi connectivity index (χ2n) is 9.56. The molecule has 0 aliphatic carbocycles. The van der Waals surface area contributed by atoms with E-state index in [9.17, 15) is 4.39 Å². The number of rotatable bonds is 7. The molecule has 1 aromatic carbocycles. The highest BCUT2D eigenvalue weighted by Gasteiger charge is 2.25. The van der Waals surface area contributed by atoms with Crippen LogP contribution in [-0.4, -0.2) is 47.8 Å². The van der Waals surface area contributed by atoms with E-state index < -0.39 is 0 Å². The Balaban J connectivity index is 1.38. The maximum Gasteiger partial charge on any atom is 0.232 e. The summed E-state index contributed by atoms with van der Waals surface area (Å²) in [6.45, 7) is 9.47. The molecule has 0 radical (unpaired) electrons. The molecule has 0 spiro atoms. The van der Waals surface area contributed by atoms with Crippen LogP contribution in [0.3, 0.4) is 0 Å². The minimum absolute atomic E-state index is 0.203. The van der Waals surface area contributed by atoms with E-state index in [0.717, 1.165) is 62.8 Å². The molecule has 2 atom stereocenters. The van der Waals surface area contributed by atoms with Crippen molar-refractivity contribution in [3.63, 3.8) is 0 Å². The van der Waals surface area contributed by atoms with Crippen LogP contribution in [0, 0.1) is 17.7 Å². The molecule has 2 fully saturated rings. The van der Waals surface area contributed by atoms with Gasteiger partial charge in [-0.3, -0.25) is 0 Å². The Labute approximate surface area is 202 Å². The lowest BCUT2D eigenvalue weighted by molar-refractivity contribution is 0.355. The quantitative estimate of drug-likeness (QED) is 0.452. The number of thiocarbonyl (C=S) groups is 1. The zero-order chi connectivity index (χ0) is 23.2. The highest BCUT2D eigenvalue weighted by Crippen LogP contribution is 2.29. The lowest BCUT2D eigenvalue weighted by Crippen LogP contribution is -2.39. The minimum Gasteiger partial charge on any atom is -0.362 e. The predicted octanol–water partition coefficient (Wildman–Crippen LogP) is 4.62. The first-order chi connectivity index (χ1) is 16.0. The zero-order valence-corrected chi connectivity index (χ0v) is 20.5. The molecule has 3 heterocycles. The molecule has 2 aliphatic heterocycles. The van der Waals surface area contributed by atoms with Gasteiger partial charge in [-0.05, 0) is 73.9 Å². The summed E-state index contributed by atoms with van der Waals surface area (Å²) in [6.07, 6.45) is 5.43. The summed E-state index contributed by atoms with van der Waals surface area (Å²) in [4.78, 5) is 14.4. The van der Waals surface area contributed by atoms with Crippen molar-refractivity contribution < 1.29 is 4.39 Å². The molecule has 2 unspecified atom stereocenters. The minimum atomic E-state index is -0.203. The van der Waals surface area contributed by atoms with Crippen molar-refractivity contribution in [3.05, 3.63) is 41.7 Å². The number of benzene rings is 1.